The summed E-state index contributed by atoms with van der Waals surface area (Å²) in [6.45, 7) is -0.0872. The van der Waals surface area contributed by atoms with E-state index < -0.39 is 0 Å². The Morgan fingerprint density at radius 2 is 1.67 bits per heavy atom. The van der Waals surface area contributed by atoms with Crippen LogP contribution in [0.25, 0.3) is 0 Å². The summed E-state index contributed by atoms with van der Waals surface area (Å²) < 4.78 is 0. The molecule has 1 aromatic carbocycles. The van der Waals surface area contributed by atoms with Crippen LogP contribution in [-0.2, 0) is 30.7 Å². The van der Waals surface area contributed by atoms with Crippen molar-refractivity contribution in [3.05, 3.63) is 45.4 Å². The summed E-state index contributed by atoms with van der Waals surface area (Å²) >= 11 is 2.80. The zero-order valence-electron chi connectivity index (χ0n) is 14.6. The standard InChI is InChI=1S/C17H20N6O2S2/c18-16-22-20-14(26-16)7-3-4-8-15-21-23-17(27-15)19-13(25)9-11-5-1-2-6-12(11)10-24/h1-2,5-6,24H,3-4,7-10H2,(H2,18,22)(H,19,23,25). The van der Waals surface area contributed by atoms with E-state index in [1.807, 2.05) is 24.3 Å². The quantitative estimate of drug-likeness (QED) is 0.467. The van der Waals surface area contributed by atoms with E-state index in [-0.39, 0.29) is 18.9 Å². The number of hydrogen-bond donors (Lipinski definition) is 3. The van der Waals surface area contributed by atoms with Gasteiger partial charge in [0.1, 0.15) is 10.0 Å². The van der Waals surface area contributed by atoms with E-state index in [1.54, 1.807) is 0 Å². The number of unbranched alkanes of at least 4 members (excludes halogenated alkanes) is 1. The van der Waals surface area contributed by atoms with Gasteiger partial charge < -0.3 is 16.2 Å². The highest BCUT2D eigenvalue weighted by Gasteiger charge is 2.11. The summed E-state index contributed by atoms with van der Waals surface area (Å²) in [7, 11) is 0. The van der Waals surface area contributed by atoms with Crippen LogP contribution in [0.15, 0.2) is 24.3 Å². The number of benzene rings is 1. The highest BCUT2D eigenvalue weighted by Crippen LogP contribution is 2.19. The van der Waals surface area contributed by atoms with Gasteiger partial charge >= 0.3 is 0 Å². The third-order valence-corrected chi connectivity index (χ3v) is 5.58. The van der Waals surface area contributed by atoms with Crippen LogP contribution in [0.1, 0.15) is 34.0 Å². The molecule has 0 unspecified atom stereocenters. The molecule has 0 atom stereocenters. The van der Waals surface area contributed by atoms with E-state index in [0.29, 0.717) is 10.3 Å². The lowest BCUT2D eigenvalue weighted by Crippen LogP contribution is -2.15. The van der Waals surface area contributed by atoms with Crippen LogP contribution in [0.5, 0.6) is 0 Å². The summed E-state index contributed by atoms with van der Waals surface area (Å²) in [5, 5.41) is 30.9. The molecule has 2 heterocycles. The minimum Gasteiger partial charge on any atom is -0.392 e. The van der Waals surface area contributed by atoms with Crippen molar-refractivity contribution < 1.29 is 9.90 Å². The minimum absolute atomic E-state index is 0.0872. The lowest BCUT2D eigenvalue weighted by atomic mass is 10.1. The third kappa shape index (κ3) is 5.78. The fourth-order valence-corrected chi connectivity index (χ4v) is 3.99. The van der Waals surface area contributed by atoms with Crippen molar-refractivity contribution >= 4 is 38.8 Å². The Morgan fingerprint density at radius 1 is 1.00 bits per heavy atom. The summed E-state index contributed by atoms with van der Waals surface area (Å²) in [6.07, 6.45) is 3.76. The predicted octanol–water partition coefficient (Wildman–Crippen LogP) is 2.21. The maximum absolute atomic E-state index is 12.2. The van der Waals surface area contributed by atoms with Crippen molar-refractivity contribution in [1.29, 1.82) is 0 Å². The number of anilines is 2. The molecule has 0 aliphatic heterocycles. The van der Waals surface area contributed by atoms with Crippen LogP contribution in [0, 0.1) is 0 Å². The van der Waals surface area contributed by atoms with Gasteiger partial charge in [-0.05, 0) is 24.0 Å². The van der Waals surface area contributed by atoms with Gasteiger partial charge in [-0.2, -0.15) is 0 Å². The Labute approximate surface area is 164 Å². The fraction of sp³-hybridized carbons (Fsp3) is 0.353. The average Bonchev–Trinajstić information content (AvgIpc) is 3.28. The molecule has 0 saturated carbocycles. The maximum atomic E-state index is 12.2. The molecular weight excluding hydrogens is 384 g/mol. The first-order valence-corrected chi connectivity index (χ1v) is 10.1. The van der Waals surface area contributed by atoms with Crippen LogP contribution in [0.3, 0.4) is 0 Å². The molecule has 0 saturated heterocycles. The molecule has 4 N–H and O–H groups in total. The molecule has 0 radical (unpaired) electrons. The molecule has 2 aromatic heterocycles. The molecule has 0 bridgehead atoms. The van der Waals surface area contributed by atoms with Crippen LogP contribution in [0.4, 0.5) is 10.3 Å². The lowest BCUT2D eigenvalue weighted by molar-refractivity contribution is -0.115. The molecule has 27 heavy (non-hydrogen) atoms. The van der Waals surface area contributed by atoms with Crippen LogP contribution in [-0.4, -0.2) is 31.4 Å². The maximum Gasteiger partial charge on any atom is 0.230 e. The number of nitrogens with one attached hydrogen (secondary N) is 1. The van der Waals surface area contributed by atoms with Gasteiger partial charge in [0.2, 0.25) is 16.2 Å². The Kier molecular flexibility index (Phi) is 6.80. The number of nitrogen functional groups attached to an aromatic ring is 1. The molecule has 0 aliphatic rings. The van der Waals surface area contributed by atoms with Crippen molar-refractivity contribution in [3.63, 3.8) is 0 Å². The van der Waals surface area contributed by atoms with Crippen LogP contribution < -0.4 is 11.1 Å². The number of carbonyl (C=O) groups excluding carboxylic acids is 1. The largest absolute Gasteiger partial charge is 0.392 e. The first kappa shape index (κ1) is 19.3. The van der Waals surface area contributed by atoms with Gasteiger partial charge in [-0.3, -0.25) is 4.79 Å². The van der Waals surface area contributed by atoms with Gasteiger partial charge in [0.25, 0.3) is 0 Å². The molecule has 10 heteroatoms. The van der Waals surface area contributed by atoms with Gasteiger partial charge in [0, 0.05) is 12.8 Å². The molecule has 3 rings (SSSR count). The Morgan fingerprint density at radius 3 is 2.33 bits per heavy atom. The molecule has 0 aliphatic carbocycles. The smallest absolute Gasteiger partial charge is 0.230 e. The number of aliphatic hydroxyl groups excluding tert-OH is 1. The van der Waals surface area contributed by atoms with Gasteiger partial charge in [-0.25, -0.2) is 0 Å². The molecule has 0 spiro atoms. The Bertz CT molecular complexity index is 895. The Hall–Kier alpha value is -2.43. The lowest BCUT2D eigenvalue weighted by Gasteiger charge is -2.06. The summed E-state index contributed by atoms with van der Waals surface area (Å²) in [5.74, 6) is -0.174. The monoisotopic (exact) mass is 404 g/mol. The second kappa shape index (κ2) is 9.49. The van der Waals surface area contributed by atoms with Gasteiger partial charge in [0.15, 0.2) is 0 Å². The first-order valence-electron chi connectivity index (χ1n) is 8.52. The number of aromatic nitrogens is 4. The van der Waals surface area contributed by atoms with Crippen molar-refractivity contribution in [2.24, 2.45) is 0 Å². The second-order valence-electron chi connectivity index (χ2n) is 5.89. The number of rotatable bonds is 9. The van der Waals surface area contributed by atoms with E-state index in [9.17, 15) is 9.90 Å². The summed E-state index contributed by atoms with van der Waals surface area (Å²) in [4.78, 5) is 12.2. The van der Waals surface area contributed by atoms with E-state index in [4.69, 9.17) is 5.73 Å². The van der Waals surface area contributed by atoms with Crippen molar-refractivity contribution in [3.8, 4) is 0 Å². The predicted molar refractivity (Wildman–Crippen MR) is 106 cm³/mol. The number of amides is 1. The van der Waals surface area contributed by atoms with Gasteiger partial charge in [-0.1, -0.05) is 46.9 Å². The highest BCUT2D eigenvalue weighted by molar-refractivity contribution is 7.15. The zero-order valence-corrected chi connectivity index (χ0v) is 16.2. The molecule has 8 nitrogen and oxygen atoms in total. The number of aryl methyl sites for hydroxylation is 2. The van der Waals surface area contributed by atoms with E-state index in [2.05, 4.69) is 25.7 Å². The zero-order chi connectivity index (χ0) is 19.1. The van der Waals surface area contributed by atoms with E-state index in [1.165, 1.54) is 22.7 Å². The number of carbonyl (C=O) groups is 1. The van der Waals surface area contributed by atoms with E-state index in [0.717, 1.165) is 46.8 Å². The summed E-state index contributed by atoms with van der Waals surface area (Å²) in [6, 6.07) is 7.33. The average molecular weight is 405 g/mol. The number of hydrogen-bond acceptors (Lipinski definition) is 9. The van der Waals surface area contributed by atoms with Gasteiger partial charge in [0.05, 0.1) is 13.0 Å². The van der Waals surface area contributed by atoms with Crippen molar-refractivity contribution in [1.82, 2.24) is 20.4 Å². The normalized spacial score (nSPS) is 10.9. The Balaban J connectivity index is 1.44. The molecular formula is C17H20N6O2S2. The molecule has 3 aromatic rings. The first-order chi connectivity index (χ1) is 13.1. The van der Waals surface area contributed by atoms with Crippen molar-refractivity contribution in [2.45, 2.75) is 38.7 Å². The SMILES string of the molecule is Nc1nnc(CCCCc2nnc(NC(=O)Cc3ccccc3CO)s2)s1. The van der Waals surface area contributed by atoms with Crippen LogP contribution in [0.2, 0.25) is 0 Å². The van der Waals surface area contributed by atoms with Crippen LogP contribution >= 0.6 is 22.7 Å². The molecule has 142 valence electrons. The number of aliphatic hydroxyl groups is 1. The molecule has 1 amide bonds. The van der Waals surface area contributed by atoms with Crippen molar-refractivity contribution in [2.75, 3.05) is 11.1 Å². The number of nitrogens with zero attached hydrogens (tertiary/aromatic N) is 4. The van der Waals surface area contributed by atoms with Gasteiger partial charge in [-0.15, -0.1) is 20.4 Å². The minimum atomic E-state index is -0.174. The van der Waals surface area contributed by atoms with E-state index >= 15 is 0 Å². The topological polar surface area (TPSA) is 127 Å². The fourth-order valence-electron chi connectivity index (χ4n) is 2.55. The third-order valence-electron chi connectivity index (χ3n) is 3.87. The second-order valence-corrected chi connectivity index (χ2v) is 8.05. The summed E-state index contributed by atoms with van der Waals surface area (Å²) in [5.41, 5.74) is 7.12. The molecule has 0 fully saturated rings. The highest BCUT2D eigenvalue weighted by atomic mass is 32.1. The number of nitrogens with two attached hydrogens (primary N) is 1.